The molecule has 1 rings (SSSR count). The number of hydrogen-bond acceptors (Lipinski definition) is 3. The second kappa shape index (κ2) is 2.53. The number of rotatable bonds is 2. The first kappa shape index (κ1) is 7.46. The van der Waals surface area contributed by atoms with Gasteiger partial charge in [0, 0.05) is 0 Å². The predicted octanol–water partition coefficient (Wildman–Crippen LogP) is 1.04. The third kappa shape index (κ3) is 1.12. The maximum atomic E-state index is 10.2. The van der Waals surface area contributed by atoms with E-state index in [1.54, 1.807) is 0 Å². The normalized spacial score (nSPS) is 9.55. The van der Waals surface area contributed by atoms with Crippen LogP contribution in [0.25, 0.3) is 0 Å². The highest BCUT2D eigenvalue weighted by molar-refractivity contribution is 5.76. The van der Waals surface area contributed by atoms with E-state index in [0.717, 1.165) is 0 Å². The molecule has 0 saturated carbocycles. The Balaban J connectivity index is 3.20. The van der Waals surface area contributed by atoms with Crippen LogP contribution in [0.15, 0.2) is 6.20 Å². The van der Waals surface area contributed by atoms with E-state index in [1.807, 2.05) is 0 Å². The number of H-pyrrole nitrogens is 1. The Morgan fingerprint density at radius 2 is 2.36 bits per heavy atom. The first-order valence-corrected chi connectivity index (χ1v) is 2.94. The number of aldehydes is 1. The summed E-state index contributed by atoms with van der Waals surface area (Å²) in [5, 5.41) is 10.2. The minimum absolute atomic E-state index is 0.0490. The lowest BCUT2D eigenvalue weighted by atomic mass is 10.2. The number of aromatic amines is 1. The Hall–Kier alpha value is -1.65. The third-order valence-electron chi connectivity index (χ3n) is 1.47. The molecule has 0 aliphatic rings. The molecule has 0 amide bonds. The lowest BCUT2D eigenvalue weighted by Crippen LogP contribution is -1.88. The highest BCUT2D eigenvalue weighted by Gasteiger charge is 2.14. The summed E-state index contributed by atoms with van der Waals surface area (Å²) in [6, 6.07) is 0. The molecule has 1 aromatic rings. The molecule has 0 atom stereocenters. The molecule has 11 heavy (non-hydrogen) atoms. The number of carbonyl (C=O) groups excluding carboxylic acids is 1. The monoisotopic (exact) mass is 154 g/mol. The van der Waals surface area contributed by atoms with Crippen LogP contribution >= 0.6 is 0 Å². The van der Waals surface area contributed by atoms with Crippen LogP contribution in [0.2, 0.25) is 0 Å². The average molecular weight is 154 g/mol. The maximum absolute atomic E-state index is 10.2. The van der Waals surface area contributed by atoms with Crippen molar-refractivity contribution in [3.8, 4) is 0 Å². The summed E-state index contributed by atoms with van der Waals surface area (Å²) in [5.74, 6) is 0. The largest absolute Gasteiger partial charge is 0.353 e. The smallest absolute Gasteiger partial charge is 0.290 e. The number of nitro groups is 1. The van der Waals surface area contributed by atoms with Crippen molar-refractivity contribution in [2.75, 3.05) is 0 Å². The van der Waals surface area contributed by atoms with E-state index in [0.29, 0.717) is 11.8 Å². The molecule has 5 nitrogen and oxygen atoms in total. The number of aromatic nitrogens is 1. The van der Waals surface area contributed by atoms with E-state index in [1.165, 1.54) is 13.1 Å². The van der Waals surface area contributed by atoms with Gasteiger partial charge in [-0.15, -0.1) is 0 Å². The van der Waals surface area contributed by atoms with Gasteiger partial charge in [-0.1, -0.05) is 0 Å². The fourth-order valence-corrected chi connectivity index (χ4v) is 0.813. The van der Waals surface area contributed by atoms with Crippen LogP contribution in [0.4, 0.5) is 5.69 Å². The van der Waals surface area contributed by atoms with Crippen molar-refractivity contribution in [3.63, 3.8) is 0 Å². The van der Waals surface area contributed by atoms with Gasteiger partial charge in [-0.05, 0) is 6.92 Å². The molecule has 0 saturated heterocycles. The van der Waals surface area contributed by atoms with Gasteiger partial charge >= 0.3 is 0 Å². The van der Waals surface area contributed by atoms with Gasteiger partial charge in [-0.25, -0.2) is 0 Å². The van der Waals surface area contributed by atoms with E-state index >= 15 is 0 Å². The lowest BCUT2D eigenvalue weighted by molar-refractivity contribution is -0.385. The fourth-order valence-electron chi connectivity index (χ4n) is 0.813. The standard InChI is InChI=1S/C6H6N2O3/c1-4-5(3-9)7-2-6(4)8(10)11/h2-3,7H,1H3. The van der Waals surface area contributed by atoms with Crippen molar-refractivity contribution >= 4 is 12.0 Å². The van der Waals surface area contributed by atoms with Crippen LogP contribution in [-0.2, 0) is 0 Å². The van der Waals surface area contributed by atoms with Crippen LogP contribution in [0, 0.1) is 17.0 Å². The van der Waals surface area contributed by atoms with Crippen LogP contribution < -0.4 is 0 Å². The molecule has 0 aliphatic carbocycles. The molecule has 0 aliphatic heterocycles. The Kier molecular flexibility index (Phi) is 1.72. The first-order chi connectivity index (χ1) is 5.16. The minimum atomic E-state index is -0.529. The summed E-state index contributed by atoms with van der Waals surface area (Å²) in [5.41, 5.74) is 0.591. The van der Waals surface area contributed by atoms with E-state index < -0.39 is 4.92 Å². The summed E-state index contributed by atoms with van der Waals surface area (Å²) in [4.78, 5) is 22.4. The minimum Gasteiger partial charge on any atom is -0.353 e. The molecule has 0 bridgehead atoms. The van der Waals surface area contributed by atoms with Gasteiger partial charge in [-0.2, -0.15) is 0 Å². The van der Waals surface area contributed by atoms with Crippen LogP contribution in [0.5, 0.6) is 0 Å². The summed E-state index contributed by atoms with van der Waals surface area (Å²) in [6.07, 6.45) is 1.77. The van der Waals surface area contributed by atoms with Crippen LogP contribution in [0.3, 0.4) is 0 Å². The van der Waals surface area contributed by atoms with Crippen LogP contribution in [-0.4, -0.2) is 16.2 Å². The molecule has 0 radical (unpaired) electrons. The van der Waals surface area contributed by atoms with Crippen molar-refractivity contribution in [1.29, 1.82) is 0 Å². The number of carbonyl (C=O) groups is 1. The Labute approximate surface area is 62.2 Å². The first-order valence-electron chi connectivity index (χ1n) is 2.94. The van der Waals surface area contributed by atoms with Crippen LogP contribution in [0.1, 0.15) is 16.1 Å². The molecule has 0 spiro atoms. The molecule has 5 heteroatoms. The summed E-state index contributed by atoms with van der Waals surface area (Å²) in [6.45, 7) is 1.53. The lowest BCUT2D eigenvalue weighted by Gasteiger charge is -1.86. The SMILES string of the molecule is Cc1c([N+](=O)[O-])c[nH]c1C=O. The van der Waals surface area contributed by atoms with E-state index in [9.17, 15) is 14.9 Å². The zero-order valence-corrected chi connectivity index (χ0v) is 5.83. The molecular formula is C6H6N2O3. The topological polar surface area (TPSA) is 76.0 Å². The summed E-state index contributed by atoms with van der Waals surface area (Å²) in [7, 11) is 0. The van der Waals surface area contributed by atoms with E-state index in [4.69, 9.17) is 0 Å². The van der Waals surface area contributed by atoms with E-state index in [-0.39, 0.29) is 11.4 Å². The van der Waals surface area contributed by atoms with Crippen molar-refractivity contribution in [1.82, 2.24) is 4.98 Å². The molecule has 0 aromatic carbocycles. The van der Waals surface area contributed by atoms with E-state index in [2.05, 4.69) is 4.98 Å². The molecule has 1 heterocycles. The van der Waals surface area contributed by atoms with Crippen molar-refractivity contribution < 1.29 is 9.72 Å². The quantitative estimate of drug-likeness (QED) is 0.393. The molecule has 1 aromatic heterocycles. The molecule has 1 N–H and O–H groups in total. The zero-order valence-electron chi connectivity index (χ0n) is 5.83. The highest BCUT2D eigenvalue weighted by atomic mass is 16.6. The molecule has 0 unspecified atom stereocenters. The van der Waals surface area contributed by atoms with Crippen molar-refractivity contribution in [3.05, 3.63) is 27.6 Å². The summed E-state index contributed by atoms with van der Waals surface area (Å²) < 4.78 is 0. The highest BCUT2D eigenvalue weighted by Crippen LogP contribution is 2.18. The molecular weight excluding hydrogens is 148 g/mol. The molecule has 58 valence electrons. The van der Waals surface area contributed by atoms with Gasteiger partial charge < -0.3 is 4.98 Å². The Morgan fingerprint density at radius 3 is 2.64 bits per heavy atom. The zero-order chi connectivity index (χ0) is 8.43. The maximum Gasteiger partial charge on any atom is 0.290 e. The Bertz CT molecular complexity index is 303. The van der Waals surface area contributed by atoms with Gasteiger partial charge in [0.15, 0.2) is 6.29 Å². The third-order valence-corrected chi connectivity index (χ3v) is 1.47. The number of nitrogens with one attached hydrogen (secondary N) is 1. The Morgan fingerprint density at radius 1 is 1.73 bits per heavy atom. The van der Waals surface area contributed by atoms with Gasteiger partial charge in [-0.3, -0.25) is 14.9 Å². The average Bonchev–Trinajstić information content (AvgIpc) is 2.30. The van der Waals surface area contributed by atoms with Gasteiger partial charge in [0.1, 0.15) is 0 Å². The second-order valence-electron chi connectivity index (χ2n) is 2.09. The number of hydrogen-bond donors (Lipinski definition) is 1. The van der Waals surface area contributed by atoms with Crippen molar-refractivity contribution in [2.45, 2.75) is 6.92 Å². The van der Waals surface area contributed by atoms with Gasteiger partial charge in [0.2, 0.25) is 0 Å². The van der Waals surface area contributed by atoms with Crippen molar-refractivity contribution in [2.24, 2.45) is 0 Å². The summed E-state index contributed by atoms with van der Waals surface area (Å²) >= 11 is 0. The number of nitrogens with zero attached hydrogens (tertiary/aromatic N) is 1. The van der Waals surface area contributed by atoms with Gasteiger partial charge in [0.05, 0.1) is 22.4 Å². The molecule has 0 fully saturated rings. The fraction of sp³-hybridized carbons (Fsp3) is 0.167. The second-order valence-corrected chi connectivity index (χ2v) is 2.09. The predicted molar refractivity (Wildman–Crippen MR) is 37.6 cm³/mol. The van der Waals surface area contributed by atoms with Gasteiger partial charge in [0.25, 0.3) is 5.69 Å².